The fourth-order valence-corrected chi connectivity index (χ4v) is 2.16. The van der Waals surface area contributed by atoms with E-state index in [1.54, 1.807) is 10.7 Å². The summed E-state index contributed by atoms with van der Waals surface area (Å²) in [5, 5.41) is 20.5. The van der Waals surface area contributed by atoms with Crippen LogP contribution in [0.5, 0.6) is 0 Å². The average molecular weight is 285 g/mol. The van der Waals surface area contributed by atoms with E-state index in [4.69, 9.17) is 9.90 Å². The number of aliphatic hydroxyl groups excluding tert-OH is 1. The Bertz CT molecular complexity index is 753. The summed E-state index contributed by atoms with van der Waals surface area (Å²) in [7, 11) is 0. The molecule has 3 aromatic rings. The van der Waals surface area contributed by atoms with Crippen LogP contribution < -0.4 is 0 Å². The van der Waals surface area contributed by atoms with E-state index in [0.717, 1.165) is 28.0 Å². The van der Waals surface area contributed by atoms with Crippen molar-refractivity contribution in [3.8, 4) is 11.1 Å². The normalized spacial score (nSPS) is 10.0. The molecule has 0 atom stereocenters. The Morgan fingerprint density at radius 2 is 2.10 bits per heavy atom. The molecule has 108 valence electrons. The van der Waals surface area contributed by atoms with Crippen molar-refractivity contribution in [1.29, 1.82) is 0 Å². The van der Waals surface area contributed by atoms with Crippen molar-refractivity contribution in [3.63, 3.8) is 0 Å². The molecule has 0 saturated carbocycles. The summed E-state index contributed by atoms with van der Waals surface area (Å²) in [5.41, 5.74) is 4.72. The first kappa shape index (κ1) is 14.7. The summed E-state index contributed by atoms with van der Waals surface area (Å²) in [6.07, 6.45) is 3.64. The molecule has 0 amide bonds. The Hall–Kier alpha value is -2.73. The molecule has 0 fully saturated rings. The lowest BCUT2D eigenvalue weighted by Gasteiger charge is -2.02. The highest BCUT2D eigenvalue weighted by Gasteiger charge is 2.12. The molecule has 0 aliphatic heterocycles. The molecule has 0 aliphatic rings. The molecule has 0 spiro atoms. The van der Waals surface area contributed by atoms with Gasteiger partial charge < -0.3 is 10.2 Å². The van der Waals surface area contributed by atoms with E-state index in [0.29, 0.717) is 0 Å². The van der Waals surface area contributed by atoms with Crippen LogP contribution in [-0.2, 0) is 11.4 Å². The van der Waals surface area contributed by atoms with Gasteiger partial charge in [0.2, 0.25) is 0 Å². The van der Waals surface area contributed by atoms with Crippen LogP contribution in [0.2, 0.25) is 0 Å². The van der Waals surface area contributed by atoms with E-state index >= 15 is 0 Å². The zero-order chi connectivity index (χ0) is 15.2. The number of aromatic nitrogens is 3. The minimum Gasteiger partial charge on any atom is -0.483 e. The predicted molar refractivity (Wildman–Crippen MR) is 77.8 cm³/mol. The van der Waals surface area contributed by atoms with Gasteiger partial charge >= 0.3 is 0 Å². The Balaban J connectivity index is 0.000000497. The summed E-state index contributed by atoms with van der Waals surface area (Å²) >= 11 is 0. The number of aliphatic hydroxyl groups is 1. The first-order valence-corrected chi connectivity index (χ1v) is 6.29. The van der Waals surface area contributed by atoms with E-state index in [1.807, 2.05) is 43.5 Å². The number of hydrogen-bond donors (Lipinski definition) is 2. The highest BCUT2D eigenvalue weighted by molar-refractivity contribution is 5.79. The molecule has 21 heavy (non-hydrogen) atoms. The predicted octanol–water partition coefficient (Wildman–Crippen LogP) is 1.90. The molecule has 1 aromatic carbocycles. The molecule has 0 saturated heterocycles. The van der Waals surface area contributed by atoms with E-state index in [1.165, 1.54) is 0 Å². The number of aryl methyl sites for hydroxylation is 1. The van der Waals surface area contributed by atoms with Crippen LogP contribution >= 0.6 is 0 Å². The lowest BCUT2D eigenvalue weighted by molar-refractivity contribution is -0.122. The summed E-state index contributed by atoms with van der Waals surface area (Å²) in [6, 6.07) is 9.68. The monoisotopic (exact) mass is 285 g/mol. The SMILES string of the molecule is Cc1nn2cccnc2c1-c1cccc(CO)c1.O=CO. The van der Waals surface area contributed by atoms with Gasteiger partial charge in [-0.2, -0.15) is 5.10 Å². The summed E-state index contributed by atoms with van der Waals surface area (Å²) in [6.45, 7) is 1.76. The third-order valence-electron chi connectivity index (χ3n) is 2.97. The van der Waals surface area contributed by atoms with Crippen LogP contribution in [0, 0.1) is 6.92 Å². The second-order valence-electron chi connectivity index (χ2n) is 4.31. The molecule has 3 rings (SSSR count). The van der Waals surface area contributed by atoms with Gasteiger partial charge in [-0.1, -0.05) is 18.2 Å². The Labute approximate surface area is 121 Å². The maximum Gasteiger partial charge on any atom is 0.290 e. The van der Waals surface area contributed by atoms with Crippen LogP contribution in [0.15, 0.2) is 42.7 Å². The van der Waals surface area contributed by atoms with Gasteiger partial charge in [0.15, 0.2) is 5.65 Å². The van der Waals surface area contributed by atoms with E-state index < -0.39 is 0 Å². The van der Waals surface area contributed by atoms with Crippen molar-refractivity contribution in [2.75, 3.05) is 0 Å². The number of nitrogens with zero attached hydrogens (tertiary/aromatic N) is 3. The fraction of sp³-hybridized carbons (Fsp3) is 0.133. The van der Waals surface area contributed by atoms with Gasteiger partial charge in [0.25, 0.3) is 6.47 Å². The highest BCUT2D eigenvalue weighted by atomic mass is 16.3. The second kappa shape index (κ2) is 6.62. The molecule has 2 N–H and O–H groups in total. The molecule has 6 heteroatoms. The van der Waals surface area contributed by atoms with E-state index in [2.05, 4.69) is 10.1 Å². The number of carbonyl (C=O) groups is 1. The van der Waals surface area contributed by atoms with Gasteiger partial charge in [-0.15, -0.1) is 0 Å². The van der Waals surface area contributed by atoms with Crippen LogP contribution in [0.4, 0.5) is 0 Å². The quantitative estimate of drug-likeness (QED) is 0.702. The zero-order valence-electron chi connectivity index (χ0n) is 11.5. The number of fused-ring (bicyclic) bond motifs is 1. The molecular weight excluding hydrogens is 270 g/mol. The molecule has 2 heterocycles. The van der Waals surface area contributed by atoms with E-state index in [-0.39, 0.29) is 13.1 Å². The first-order valence-electron chi connectivity index (χ1n) is 6.29. The Morgan fingerprint density at radius 3 is 2.81 bits per heavy atom. The van der Waals surface area contributed by atoms with E-state index in [9.17, 15) is 5.11 Å². The topological polar surface area (TPSA) is 87.7 Å². The molecule has 0 unspecified atom stereocenters. The van der Waals surface area contributed by atoms with Gasteiger partial charge in [0.1, 0.15) is 0 Å². The van der Waals surface area contributed by atoms with Crippen molar-refractivity contribution in [2.24, 2.45) is 0 Å². The number of benzene rings is 1. The van der Waals surface area contributed by atoms with Crippen molar-refractivity contribution >= 4 is 12.1 Å². The standard InChI is InChI=1S/C14H13N3O.CH2O2/c1-10-13(12-5-2-4-11(8-12)9-18)14-15-6-3-7-17(14)16-10;2-1-3/h2-8,18H,9H2,1H3;1H,(H,2,3). The minimum atomic E-state index is -0.250. The van der Waals surface area contributed by atoms with Gasteiger partial charge in [-0.3, -0.25) is 4.79 Å². The average Bonchev–Trinajstić information content (AvgIpc) is 2.84. The second-order valence-corrected chi connectivity index (χ2v) is 4.31. The summed E-state index contributed by atoms with van der Waals surface area (Å²) in [5.74, 6) is 0. The molecule has 2 aromatic heterocycles. The molecule has 6 nitrogen and oxygen atoms in total. The lowest BCUT2D eigenvalue weighted by Crippen LogP contribution is -1.88. The van der Waals surface area contributed by atoms with Crippen molar-refractivity contribution in [1.82, 2.24) is 14.6 Å². The highest BCUT2D eigenvalue weighted by Crippen LogP contribution is 2.27. The zero-order valence-corrected chi connectivity index (χ0v) is 11.5. The van der Waals surface area contributed by atoms with Gasteiger partial charge in [0, 0.05) is 18.0 Å². The lowest BCUT2D eigenvalue weighted by atomic mass is 10.0. The minimum absolute atomic E-state index is 0.0412. The third-order valence-corrected chi connectivity index (χ3v) is 2.97. The van der Waals surface area contributed by atoms with Crippen LogP contribution in [-0.4, -0.2) is 31.3 Å². The van der Waals surface area contributed by atoms with Gasteiger partial charge in [0.05, 0.1) is 12.3 Å². The summed E-state index contributed by atoms with van der Waals surface area (Å²) < 4.78 is 1.77. The van der Waals surface area contributed by atoms with Crippen molar-refractivity contribution in [2.45, 2.75) is 13.5 Å². The molecule has 0 bridgehead atoms. The maximum atomic E-state index is 9.21. The molecule has 0 aliphatic carbocycles. The van der Waals surface area contributed by atoms with Gasteiger partial charge in [-0.25, -0.2) is 9.50 Å². The smallest absolute Gasteiger partial charge is 0.290 e. The largest absolute Gasteiger partial charge is 0.483 e. The fourth-order valence-electron chi connectivity index (χ4n) is 2.16. The van der Waals surface area contributed by atoms with Crippen LogP contribution in [0.3, 0.4) is 0 Å². The van der Waals surface area contributed by atoms with Crippen molar-refractivity contribution in [3.05, 3.63) is 54.0 Å². The maximum absolute atomic E-state index is 9.21. The number of rotatable bonds is 2. The third kappa shape index (κ3) is 3.06. The van der Waals surface area contributed by atoms with Crippen molar-refractivity contribution < 1.29 is 15.0 Å². The molecular formula is C15H15N3O3. The first-order chi connectivity index (χ1) is 10.2. The number of carboxylic acid groups (broad SMARTS) is 1. The van der Waals surface area contributed by atoms with Gasteiger partial charge in [-0.05, 0) is 30.2 Å². The number of hydrogen-bond acceptors (Lipinski definition) is 4. The Morgan fingerprint density at radius 1 is 1.33 bits per heavy atom. The van der Waals surface area contributed by atoms with Crippen LogP contribution in [0.1, 0.15) is 11.3 Å². The Kier molecular flexibility index (Phi) is 4.63. The summed E-state index contributed by atoms with van der Waals surface area (Å²) in [4.78, 5) is 12.7. The van der Waals surface area contributed by atoms with Crippen LogP contribution in [0.25, 0.3) is 16.8 Å². The molecule has 0 radical (unpaired) electrons.